The van der Waals surface area contributed by atoms with Gasteiger partial charge in [0.25, 0.3) is 26.1 Å². The van der Waals surface area contributed by atoms with Gasteiger partial charge >= 0.3 is 10.4 Å². The summed E-state index contributed by atoms with van der Waals surface area (Å²) >= 11 is 6.08. The molecule has 0 saturated heterocycles. The van der Waals surface area contributed by atoms with E-state index >= 15 is 0 Å². The Labute approximate surface area is 311 Å². The molecule has 0 spiro atoms. The molecular formula is C27H24ClN9O13S4. The van der Waals surface area contributed by atoms with Gasteiger partial charge in [0, 0.05) is 11.4 Å². The van der Waals surface area contributed by atoms with Crippen molar-refractivity contribution in [3.63, 3.8) is 0 Å². The Bertz CT molecular complexity index is 2650. The number of nitrogens with zero attached hydrogens (tertiary/aromatic N) is 7. The molecule has 2 heterocycles. The number of aromatic nitrogens is 3. The number of amides is 1. The highest BCUT2D eigenvalue weighted by atomic mass is 35.5. The van der Waals surface area contributed by atoms with Crippen LogP contribution in [0.3, 0.4) is 0 Å². The molecule has 1 unspecified atom stereocenters. The van der Waals surface area contributed by atoms with Crippen LogP contribution < -0.4 is 15.6 Å². The molecule has 0 fully saturated rings. The zero-order valence-electron chi connectivity index (χ0n) is 26.9. The van der Waals surface area contributed by atoms with E-state index in [-0.39, 0.29) is 44.8 Å². The van der Waals surface area contributed by atoms with Crippen LogP contribution in [-0.4, -0.2) is 92.3 Å². The van der Waals surface area contributed by atoms with Crippen molar-refractivity contribution in [2.45, 2.75) is 27.7 Å². The van der Waals surface area contributed by atoms with Crippen LogP contribution in [0, 0.1) is 0 Å². The third kappa shape index (κ3) is 10.1. The highest BCUT2D eigenvalue weighted by Gasteiger charge is 2.35. The number of sulfone groups is 1. The van der Waals surface area contributed by atoms with Crippen LogP contribution in [0.25, 0.3) is 0 Å². The van der Waals surface area contributed by atoms with E-state index in [1.54, 1.807) is 0 Å². The minimum Gasteiger partial charge on any atom is -0.324 e. The van der Waals surface area contributed by atoms with Crippen LogP contribution in [0.1, 0.15) is 6.92 Å². The second-order valence-electron chi connectivity index (χ2n) is 10.7. The van der Waals surface area contributed by atoms with Gasteiger partial charge in [0.2, 0.25) is 17.2 Å². The van der Waals surface area contributed by atoms with Gasteiger partial charge in [-0.05, 0) is 79.2 Å². The second kappa shape index (κ2) is 15.4. The normalized spacial score (nSPS) is 15.4. The Morgan fingerprint density at radius 1 is 0.815 bits per heavy atom. The van der Waals surface area contributed by atoms with E-state index in [0.29, 0.717) is 0 Å². The van der Waals surface area contributed by atoms with E-state index in [2.05, 4.69) is 45.1 Å². The Morgan fingerprint density at radius 3 is 2.04 bits per heavy atom. The summed E-state index contributed by atoms with van der Waals surface area (Å²) in [6, 6.07) is 11.7. The number of nitrogens with one attached hydrogen (secondary N) is 2. The third-order valence-electron chi connectivity index (χ3n) is 6.89. The second-order valence-corrected chi connectivity index (χ2v) is 17.1. The third-order valence-corrected chi connectivity index (χ3v) is 11.0. The van der Waals surface area contributed by atoms with Gasteiger partial charge in [-0.25, -0.2) is 12.6 Å². The first kappa shape index (κ1) is 40.1. The molecule has 22 nitrogen and oxygen atoms in total. The molecule has 1 aromatic heterocycles. The number of anilines is 5. The quantitative estimate of drug-likeness (QED) is 0.0899. The van der Waals surface area contributed by atoms with E-state index in [9.17, 15) is 47.6 Å². The number of hydrogen-bond donors (Lipinski definition) is 5. The molecular weight excluding hydrogens is 822 g/mol. The number of azo groups is 1. The van der Waals surface area contributed by atoms with Gasteiger partial charge in [0.1, 0.15) is 10.6 Å². The highest BCUT2D eigenvalue weighted by Crippen LogP contribution is 2.31. The van der Waals surface area contributed by atoms with Gasteiger partial charge in [0.15, 0.2) is 15.9 Å². The fourth-order valence-electron chi connectivity index (χ4n) is 4.50. The summed E-state index contributed by atoms with van der Waals surface area (Å²) < 4.78 is 126. The zero-order valence-corrected chi connectivity index (χ0v) is 30.9. The summed E-state index contributed by atoms with van der Waals surface area (Å²) in [5.41, 5.74) is 0.0420. The van der Waals surface area contributed by atoms with Gasteiger partial charge in [-0.1, -0.05) is 6.07 Å². The summed E-state index contributed by atoms with van der Waals surface area (Å²) in [6.45, 7) is 0.596. The number of benzene rings is 3. The fraction of sp³-hybridized carbons (Fsp3) is 0.148. The topological polar surface area (TPSA) is 327 Å². The largest absolute Gasteiger partial charge is 0.397 e. The molecule has 1 amide bonds. The average Bonchev–Trinajstić information content (AvgIpc) is 3.34. The molecule has 54 heavy (non-hydrogen) atoms. The monoisotopic (exact) mass is 845 g/mol. The minimum atomic E-state index is -4.88. The van der Waals surface area contributed by atoms with E-state index in [1.807, 2.05) is 0 Å². The van der Waals surface area contributed by atoms with Gasteiger partial charge in [0.05, 0.1) is 33.5 Å². The minimum absolute atomic E-state index is 0.0773. The molecule has 5 N–H and O–H groups in total. The van der Waals surface area contributed by atoms with Crippen molar-refractivity contribution >= 4 is 98.3 Å². The van der Waals surface area contributed by atoms with Crippen LogP contribution in [-0.2, 0) is 49.5 Å². The van der Waals surface area contributed by atoms with Crippen molar-refractivity contribution in [2.24, 2.45) is 15.3 Å². The van der Waals surface area contributed by atoms with E-state index < -0.39 is 80.3 Å². The summed E-state index contributed by atoms with van der Waals surface area (Å²) in [5.74, 6) is -1.93. The zero-order chi connectivity index (χ0) is 39.6. The maximum absolute atomic E-state index is 13.2. The smallest absolute Gasteiger partial charge is 0.324 e. The van der Waals surface area contributed by atoms with Gasteiger partial charge in [-0.3, -0.25) is 18.5 Å². The van der Waals surface area contributed by atoms with Crippen molar-refractivity contribution in [1.29, 1.82) is 0 Å². The van der Waals surface area contributed by atoms with Crippen LogP contribution >= 0.6 is 11.6 Å². The highest BCUT2D eigenvalue weighted by molar-refractivity contribution is 7.91. The van der Waals surface area contributed by atoms with Gasteiger partial charge in [-0.15, -0.1) is 0 Å². The Morgan fingerprint density at radius 2 is 1.44 bits per heavy atom. The predicted octanol–water partition coefficient (Wildman–Crippen LogP) is 2.97. The molecule has 0 aliphatic carbocycles. The number of carbonyl (C=O) groups excluding carboxylic acids is 1. The first-order chi connectivity index (χ1) is 25.1. The van der Waals surface area contributed by atoms with Crippen molar-refractivity contribution in [3.05, 3.63) is 72.0 Å². The average molecular weight is 846 g/mol. The van der Waals surface area contributed by atoms with Gasteiger partial charge in [-0.2, -0.15) is 60.5 Å². The van der Waals surface area contributed by atoms with Crippen molar-refractivity contribution in [2.75, 3.05) is 28.0 Å². The van der Waals surface area contributed by atoms with Crippen LogP contribution in [0.15, 0.2) is 96.7 Å². The molecule has 3 aromatic carbocycles. The number of hydrazone groups is 1. The molecule has 1 atom stereocenters. The fourth-order valence-corrected chi connectivity index (χ4v) is 7.27. The number of halogens is 1. The molecule has 0 bridgehead atoms. The van der Waals surface area contributed by atoms with Crippen LogP contribution in [0.4, 0.5) is 34.6 Å². The maximum Gasteiger partial charge on any atom is 0.397 e. The lowest BCUT2D eigenvalue weighted by Gasteiger charge is -2.13. The van der Waals surface area contributed by atoms with Gasteiger partial charge < -0.3 is 10.6 Å². The molecule has 1 aliphatic heterocycles. The van der Waals surface area contributed by atoms with Crippen molar-refractivity contribution < 1.29 is 56.3 Å². The first-order valence-electron chi connectivity index (χ1n) is 14.5. The molecule has 5 rings (SSSR count). The molecule has 1 aliphatic rings. The number of hydrogen-bond acceptors (Lipinski definition) is 18. The standard InChI is InChI=1S/C27H24ClN9O13S4/c1-15-23(24(38)37(36-15)18-6-8-19(9-7-18)52(41,42)43)35-34-21-14-17(5-10-22(21)53(44,45)46)30-27-32-25(28)31-26(33-27)29-16-3-2-4-20(13-16)51(39,40)12-11-50-54(47,48)49/h2-10,13-14,23H,11-12H2,1H3,(H,41,42,43)(H,44,45,46)(H,47,48,49)(H2,29,30,31,32,33). The summed E-state index contributed by atoms with van der Waals surface area (Å²) in [6.07, 6.45) is 0. The Kier molecular flexibility index (Phi) is 11.4. The lowest BCUT2D eigenvalue weighted by molar-refractivity contribution is -0.117. The summed E-state index contributed by atoms with van der Waals surface area (Å²) in [4.78, 5) is 23.8. The molecule has 0 radical (unpaired) electrons. The number of carbonyl (C=O) groups is 1. The van der Waals surface area contributed by atoms with E-state index in [1.165, 1.54) is 49.4 Å². The first-order valence-corrected chi connectivity index (χ1v) is 20.8. The summed E-state index contributed by atoms with van der Waals surface area (Å²) in [7, 11) is -18.3. The maximum atomic E-state index is 13.2. The Balaban J connectivity index is 1.36. The predicted molar refractivity (Wildman–Crippen MR) is 189 cm³/mol. The van der Waals surface area contributed by atoms with Crippen LogP contribution in [0.5, 0.6) is 0 Å². The molecule has 4 aromatic rings. The molecule has 286 valence electrons. The molecule has 0 saturated carbocycles. The van der Waals surface area contributed by atoms with Crippen LogP contribution in [0.2, 0.25) is 5.28 Å². The lowest BCUT2D eigenvalue weighted by atomic mass is 10.2. The number of rotatable bonds is 14. The Hall–Kier alpha value is -5.06. The van der Waals surface area contributed by atoms with E-state index in [4.69, 9.17) is 16.2 Å². The van der Waals surface area contributed by atoms with Crippen molar-refractivity contribution in [3.8, 4) is 0 Å². The van der Waals surface area contributed by atoms with E-state index in [0.717, 1.165) is 29.3 Å². The summed E-state index contributed by atoms with van der Waals surface area (Å²) in [5, 5.41) is 18.0. The lowest BCUT2D eigenvalue weighted by Crippen LogP contribution is -2.29. The van der Waals surface area contributed by atoms with Crippen molar-refractivity contribution in [1.82, 2.24) is 15.0 Å². The molecule has 27 heteroatoms. The SMILES string of the molecule is CC1=NN(c2ccc(S(=O)(=O)O)cc2)C(=O)C1N=Nc1cc(Nc2nc(Cl)nc(Nc3cccc(S(=O)(=O)CCOS(=O)(=O)O)c3)n2)ccc1S(=O)(=O)O.